The van der Waals surface area contributed by atoms with Gasteiger partial charge in [0.05, 0.1) is 36.0 Å². The van der Waals surface area contributed by atoms with Crippen molar-refractivity contribution < 1.29 is 13.9 Å². The van der Waals surface area contributed by atoms with Gasteiger partial charge in [-0.25, -0.2) is 4.39 Å². The molecule has 7 heteroatoms. The van der Waals surface area contributed by atoms with Crippen LogP contribution in [0, 0.1) is 5.82 Å². The van der Waals surface area contributed by atoms with E-state index in [2.05, 4.69) is 21.2 Å². The normalized spacial score (nSPS) is 20.7. The third-order valence-corrected chi connectivity index (χ3v) is 7.30. The number of halogens is 4. The summed E-state index contributed by atoms with van der Waals surface area (Å²) in [6, 6.07) is 20.3. The predicted molar refractivity (Wildman–Crippen MR) is 134 cm³/mol. The number of benzene rings is 3. The van der Waals surface area contributed by atoms with Crippen LogP contribution in [-0.4, -0.2) is 25.8 Å². The summed E-state index contributed by atoms with van der Waals surface area (Å²) < 4.78 is 27.4. The van der Waals surface area contributed by atoms with Crippen LogP contribution < -0.4 is 5.32 Å². The Morgan fingerprint density at radius 1 is 0.970 bits per heavy atom. The molecule has 3 aromatic rings. The molecule has 1 aliphatic heterocycles. The molecule has 33 heavy (non-hydrogen) atoms. The molecule has 4 rings (SSSR count). The van der Waals surface area contributed by atoms with Crippen molar-refractivity contribution in [3.8, 4) is 0 Å². The van der Waals surface area contributed by atoms with Crippen LogP contribution in [0.3, 0.4) is 0 Å². The molecule has 0 aliphatic carbocycles. The minimum atomic E-state index is -0.415. The van der Waals surface area contributed by atoms with Crippen LogP contribution in [-0.2, 0) is 28.1 Å². The fraction of sp³-hybridized carbons (Fsp3) is 0.308. The zero-order valence-electron chi connectivity index (χ0n) is 18.0. The number of ether oxygens (including phenoxy) is 2. The molecule has 174 valence electrons. The average Bonchev–Trinajstić information content (AvgIpc) is 2.81. The van der Waals surface area contributed by atoms with E-state index in [1.165, 1.54) is 12.1 Å². The van der Waals surface area contributed by atoms with Crippen molar-refractivity contribution in [1.29, 1.82) is 0 Å². The minimum Gasteiger partial charge on any atom is -0.376 e. The minimum absolute atomic E-state index is 0.173. The maximum atomic E-state index is 13.7. The molecule has 3 aromatic carbocycles. The molecule has 0 saturated carbocycles. The van der Waals surface area contributed by atoms with Gasteiger partial charge in [-0.15, -0.1) is 0 Å². The highest BCUT2D eigenvalue weighted by molar-refractivity contribution is 9.10. The molecule has 3 nitrogen and oxygen atoms in total. The van der Waals surface area contributed by atoms with E-state index in [0.29, 0.717) is 36.4 Å². The smallest absolute Gasteiger partial charge is 0.123 e. The van der Waals surface area contributed by atoms with Gasteiger partial charge in [-0.05, 0) is 66.1 Å². The predicted octanol–water partition coefficient (Wildman–Crippen LogP) is 6.93. The first-order chi connectivity index (χ1) is 16.0. The summed E-state index contributed by atoms with van der Waals surface area (Å²) >= 11 is 15.7. The first kappa shape index (κ1) is 24.6. The maximum absolute atomic E-state index is 13.7. The SMILES string of the molecule is Fc1ccc(C2(COCc3cccc(Br)c3)CCNCC2OCc2ccc(Cl)c(Cl)c2)cc1. The van der Waals surface area contributed by atoms with Crippen molar-refractivity contribution in [2.45, 2.75) is 31.2 Å². The molecule has 2 unspecified atom stereocenters. The van der Waals surface area contributed by atoms with Gasteiger partial charge in [-0.2, -0.15) is 0 Å². The largest absolute Gasteiger partial charge is 0.376 e. The second kappa shape index (κ2) is 11.3. The third kappa shape index (κ3) is 6.16. The fourth-order valence-electron chi connectivity index (χ4n) is 4.28. The standard InChI is InChI=1S/C26H25BrCl2FNO2/c27-21-3-1-2-18(12-21)15-32-17-26(20-5-7-22(30)8-6-20)10-11-31-14-25(26)33-16-19-4-9-23(28)24(29)13-19/h1-9,12-13,25,31H,10-11,14-17H2. The molecule has 2 atom stereocenters. The van der Waals surface area contributed by atoms with Crippen molar-refractivity contribution in [3.05, 3.63) is 104 Å². The van der Waals surface area contributed by atoms with Gasteiger partial charge < -0.3 is 14.8 Å². The van der Waals surface area contributed by atoms with Crippen LogP contribution in [0.2, 0.25) is 10.0 Å². The fourth-order valence-corrected chi connectivity index (χ4v) is 5.05. The molecule has 1 saturated heterocycles. The Labute approximate surface area is 212 Å². The quantitative estimate of drug-likeness (QED) is 0.329. The van der Waals surface area contributed by atoms with E-state index in [4.69, 9.17) is 32.7 Å². The van der Waals surface area contributed by atoms with Crippen molar-refractivity contribution in [1.82, 2.24) is 5.32 Å². The van der Waals surface area contributed by atoms with E-state index in [0.717, 1.165) is 34.1 Å². The van der Waals surface area contributed by atoms with Crippen LogP contribution in [0.1, 0.15) is 23.1 Å². The summed E-state index contributed by atoms with van der Waals surface area (Å²) in [5, 5.41) is 4.45. The molecule has 1 heterocycles. The number of piperidine rings is 1. The Hall–Kier alpha value is -1.47. The van der Waals surface area contributed by atoms with Crippen LogP contribution >= 0.6 is 39.1 Å². The molecule has 1 N–H and O–H groups in total. The summed E-state index contributed by atoms with van der Waals surface area (Å²) in [5.74, 6) is -0.258. The summed E-state index contributed by atoms with van der Waals surface area (Å²) in [6.07, 6.45) is 0.636. The van der Waals surface area contributed by atoms with E-state index in [-0.39, 0.29) is 11.9 Å². The Morgan fingerprint density at radius 3 is 2.52 bits per heavy atom. The van der Waals surface area contributed by atoms with E-state index in [1.807, 2.05) is 48.5 Å². The monoisotopic (exact) mass is 551 g/mol. The van der Waals surface area contributed by atoms with Gasteiger partial charge in [-0.1, -0.05) is 69.5 Å². The second-order valence-electron chi connectivity index (χ2n) is 8.29. The van der Waals surface area contributed by atoms with E-state index < -0.39 is 5.41 Å². The Kier molecular flexibility index (Phi) is 8.44. The number of hydrogen-bond donors (Lipinski definition) is 1. The molecular formula is C26H25BrCl2FNO2. The van der Waals surface area contributed by atoms with Gasteiger partial charge in [0.1, 0.15) is 5.82 Å². The zero-order valence-corrected chi connectivity index (χ0v) is 21.1. The lowest BCUT2D eigenvalue weighted by molar-refractivity contribution is -0.0663. The van der Waals surface area contributed by atoms with E-state index in [9.17, 15) is 4.39 Å². The molecule has 0 amide bonds. The zero-order chi connectivity index (χ0) is 23.3. The summed E-state index contributed by atoms with van der Waals surface area (Å²) in [5.41, 5.74) is 2.62. The van der Waals surface area contributed by atoms with E-state index >= 15 is 0 Å². The first-order valence-corrected chi connectivity index (χ1v) is 12.4. The van der Waals surface area contributed by atoms with Gasteiger partial charge in [0.2, 0.25) is 0 Å². The summed E-state index contributed by atoms with van der Waals surface area (Å²) in [7, 11) is 0. The Balaban J connectivity index is 1.56. The highest BCUT2D eigenvalue weighted by Gasteiger charge is 2.43. The molecule has 0 spiro atoms. The highest BCUT2D eigenvalue weighted by atomic mass is 79.9. The lowest BCUT2D eigenvalue weighted by Gasteiger charge is -2.44. The maximum Gasteiger partial charge on any atom is 0.123 e. The van der Waals surface area contributed by atoms with E-state index in [1.54, 1.807) is 6.07 Å². The van der Waals surface area contributed by atoms with Crippen LogP contribution in [0.4, 0.5) is 4.39 Å². The lowest BCUT2D eigenvalue weighted by atomic mass is 9.71. The Bertz CT molecular complexity index is 1080. The molecular weight excluding hydrogens is 528 g/mol. The van der Waals surface area contributed by atoms with Crippen molar-refractivity contribution in [2.75, 3.05) is 19.7 Å². The second-order valence-corrected chi connectivity index (χ2v) is 10.0. The van der Waals surface area contributed by atoms with Gasteiger partial charge in [0, 0.05) is 16.4 Å². The van der Waals surface area contributed by atoms with Crippen LogP contribution in [0.15, 0.2) is 71.2 Å². The number of nitrogens with one attached hydrogen (secondary N) is 1. The van der Waals surface area contributed by atoms with Gasteiger partial charge in [0.15, 0.2) is 0 Å². The number of hydrogen-bond acceptors (Lipinski definition) is 3. The topological polar surface area (TPSA) is 30.5 Å². The molecule has 0 radical (unpaired) electrons. The van der Waals surface area contributed by atoms with Crippen molar-refractivity contribution in [3.63, 3.8) is 0 Å². The van der Waals surface area contributed by atoms with Crippen molar-refractivity contribution >= 4 is 39.1 Å². The van der Waals surface area contributed by atoms with Gasteiger partial charge in [-0.3, -0.25) is 0 Å². The Morgan fingerprint density at radius 2 is 1.76 bits per heavy atom. The summed E-state index contributed by atoms with van der Waals surface area (Å²) in [6.45, 7) is 2.81. The highest BCUT2D eigenvalue weighted by Crippen LogP contribution is 2.37. The number of rotatable bonds is 8. The average molecular weight is 553 g/mol. The molecule has 1 aliphatic rings. The third-order valence-electron chi connectivity index (χ3n) is 6.07. The molecule has 0 bridgehead atoms. The van der Waals surface area contributed by atoms with Gasteiger partial charge in [0.25, 0.3) is 0 Å². The molecule has 0 aromatic heterocycles. The van der Waals surface area contributed by atoms with Crippen LogP contribution in [0.5, 0.6) is 0 Å². The molecule has 1 fully saturated rings. The first-order valence-electron chi connectivity index (χ1n) is 10.8. The van der Waals surface area contributed by atoms with Crippen LogP contribution in [0.25, 0.3) is 0 Å². The van der Waals surface area contributed by atoms with Crippen molar-refractivity contribution in [2.24, 2.45) is 0 Å². The summed E-state index contributed by atoms with van der Waals surface area (Å²) in [4.78, 5) is 0. The van der Waals surface area contributed by atoms with Gasteiger partial charge >= 0.3 is 0 Å². The lowest BCUT2D eigenvalue weighted by Crippen LogP contribution is -2.55.